The number of aliphatic carboxylic acids is 1. The van der Waals surface area contributed by atoms with E-state index >= 15 is 0 Å². The summed E-state index contributed by atoms with van der Waals surface area (Å²) in [7, 11) is 0. The van der Waals surface area contributed by atoms with Crippen molar-refractivity contribution in [1.29, 1.82) is 0 Å². The first-order valence-electron chi connectivity index (χ1n) is 7.98. The van der Waals surface area contributed by atoms with Gasteiger partial charge in [-0.1, -0.05) is 42.5 Å². The smallest absolute Gasteiger partial charge is 0.416 e. The van der Waals surface area contributed by atoms with Crippen LogP contribution < -0.4 is 5.32 Å². The third-order valence-electron chi connectivity index (χ3n) is 3.84. The van der Waals surface area contributed by atoms with E-state index in [0.29, 0.717) is 12.0 Å². The second-order valence-electron chi connectivity index (χ2n) is 5.85. The molecule has 4 nitrogen and oxygen atoms in total. The quantitative estimate of drug-likeness (QED) is 0.790. The molecule has 1 atom stereocenters. The van der Waals surface area contributed by atoms with Gasteiger partial charge in [-0.05, 0) is 36.1 Å². The Bertz CT molecular complexity index is 743. The van der Waals surface area contributed by atoms with Gasteiger partial charge in [0.1, 0.15) is 6.04 Å². The molecule has 26 heavy (non-hydrogen) atoms. The molecule has 2 rings (SSSR count). The van der Waals surface area contributed by atoms with Crippen molar-refractivity contribution in [2.75, 3.05) is 0 Å². The molecule has 0 heterocycles. The van der Waals surface area contributed by atoms with Crippen LogP contribution in [-0.4, -0.2) is 23.0 Å². The number of benzene rings is 2. The number of carbonyl (C=O) groups is 2. The number of halogens is 3. The van der Waals surface area contributed by atoms with Gasteiger partial charge in [-0.2, -0.15) is 13.2 Å². The first-order valence-corrected chi connectivity index (χ1v) is 7.98. The highest BCUT2D eigenvalue weighted by molar-refractivity contribution is 5.84. The van der Waals surface area contributed by atoms with Crippen LogP contribution in [0.3, 0.4) is 0 Å². The number of nitrogens with one attached hydrogen (secondary N) is 1. The third-order valence-corrected chi connectivity index (χ3v) is 3.84. The van der Waals surface area contributed by atoms with Crippen molar-refractivity contribution in [3.8, 4) is 0 Å². The lowest BCUT2D eigenvalue weighted by molar-refractivity contribution is -0.142. The second-order valence-corrected chi connectivity index (χ2v) is 5.85. The normalized spacial score (nSPS) is 12.4. The summed E-state index contributed by atoms with van der Waals surface area (Å²) in [5, 5.41) is 11.7. The van der Waals surface area contributed by atoms with Crippen molar-refractivity contribution < 1.29 is 27.9 Å². The lowest BCUT2D eigenvalue weighted by atomic mass is 10.0. The van der Waals surface area contributed by atoms with Gasteiger partial charge in [0.15, 0.2) is 0 Å². The van der Waals surface area contributed by atoms with Gasteiger partial charge in [0, 0.05) is 0 Å². The zero-order valence-corrected chi connectivity index (χ0v) is 13.8. The summed E-state index contributed by atoms with van der Waals surface area (Å²) < 4.78 is 37.6. The molecule has 0 saturated heterocycles. The fourth-order valence-electron chi connectivity index (χ4n) is 2.46. The minimum absolute atomic E-state index is 0.187. The first-order chi connectivity index (χ1) is 12.3. The predicted molar refractivity (Wildman–Crippen MR) is 89.5 cm³/mol. The van der Waals surface area contributed by atoms with Crippen molar-refractivity contribution in [2.45, 2.75) is 31.5 Å². The third kappa shape index (κ3) is 5.91. The molecular weight excluding hydrogens is 347 g/mol. The van der Waals surface area contributed by atoms with Gasteiger partial charge in [-0.15, -0.1) is 0 Å². The van der Waals surface area contributed by atoms with Gasteiger partial charge in [0.05, 0.1) is 12.0 Å². The Labute approximate surface area is 148 Å². The largest absolute Gasteiger partial charge is 0.480 e. The minimum atomic E-state index is -4.44. The maximum Gasteiger partial charge on any atom is 0.416 e. The van der Waals surface area contributed by atoms with Crippen molar-refractivity contribution in [2.24, 2.45) is 0 Å². The van der Waals surface area contributed by atoms with E-state index in [2.05, 4.69) is 5.32 Å². The summed E-state index contributed by atoms with van der Waals surface area (Å²) >= 11 is 0. The summed E-state index contributed by atoms with van der Waals surface area (Å²) in [6.07, 6.45) is -3.92. The van der Waals surface area contributed by atoms with Crippen molar-refractivity contribution in [3.63, 3.8) is 0 Å². The maximum absolute atomic E-state index is 12.5. The number of amides is 1. The molecule has 0 spiro atoms. The number of alkyl halides is 3. The summed E-state index contributed by atoms with van der Waals surface area (Å²) in [6, 6.07) is 12.4. The molecule has 0 radical (unpaired) electrons. The Hall–Kier alpha value is -2.83. The Morgan fingerprint density at radius 2 is 1.58 bits per heavy atom. The van der Waals surface area contributed by atoms with E-state index in [1.54, 1.807) is 0 Å². The number of aryl methyl sites for hydroxylation is 1. The van der Waals surface area contributed by atoms with Crippen LogP contribution in [-0.2, 0) is 28.6 Å². The summed E-state index contributed by atoms with van der Waals surface area (Å²) in [5.74, 6) is -1.70. The van der Waals surface area contributed by atoms with Crippen LogP contribution in [0.1, 0.15) is 23.1 Å². The van der Waals surface area contributed by atoms with Gasteiger partial charge < -0.3 is 10.4 Å². The van der Waals surface area contributed by atoms with Gasteiger partial charge >= 0.3 is 12.1 Å². The van der Waals surface area contributed by atoms with Crippen LogP contribution in [0.2, 0.25) is 0 Å². The fraction of sp³-hybridized carbons (Fsp3) is 0.263. The molecule has 0 aromatic heterocycles. The minimum Gasteiger partial charge on any atom is -0.480 e. The molecule has 138 valence electrons. The molecule has 0 saturated carbocycles. The molecule has 2 aromatic rings. The van der Waals surface area contributed by atoms with E-state index in [1.165, 1.54) is 12.1 Å². The number of carboxylic acid groups (broad SMARTS) is 1. The molecule has 0 fully saturated rings. The monoisotopic (exact) mass is 365 g/mol. The Morgan fingerprint density at radius 1 is 0.962 bits per heavy atom. The van der Waals surface area contributed by atoms with E-state index < -0.39 is 29.7 Å². The lowest BCUT2D eigenvalue weighted by Crippen LogP contribution is -2.41. The predicted octanol–water partition coefficient (Wildman–Crippen LogP) is 3.45. The Balaban J connectivity index is 1.92. The topological polar surface area (TPSA) is 66.4 Å². The number of hydrogen-bond acceptors (Lipinski definition) is 2. The zero-order valence-electron chi connectivity index (χ0n) is 13.8. The molecule has 2 aromatic carbocycles. The molecule has 0 unspecified atom stereocenters. The van der Waals surface area contributed by atoms with Crippen LogP contribution in [0.25, 0.3) is 0 Å². The highest BCUT2D eigenvalue weighted by Crippen LogP contribution is 2.29. The number of carbonyl (C=O) groups excluding carboxylic acids is 1. The van der Waals surface area contributed by atoms with Crippen LogP contribution in [0, 0.1) is 0 Å². The van der Waals surface area contributed by atoms with Crippen molar-refractivity contribution in [3.05, 3.63) is 71.3 Å². The van der Waals surface area contributed by atoms with Crippen LogP contribution in [0.4, 0.5) is 13.2 Å². The van der Waals surface area contributed by atoms with E-state index in [9.17, 15) is 27.9 Å². The van der Waals surface area contributed by atoms with Crippen LogP contribution >= 0.6 is 0 Å². The average Bonchev–Trinajstić information content (AvgIpc) is 2.59. The van der Waals surface area contributed by atoms with Gasteiger partial charge in [0.25, 0.3) is 0 Å². The second kappa shape index (κ2) is 8.51. The maximum atomic E-state index is 12.5. The van der Waals surface area contributed by atoms with Gasteiger partial charge in [0.2, 0.25) is 5.91 Å². The van der Waals surface area contributed by atoms with Crippen LogP contribution in [0.15, 0.2) is 54.6 Å². The summed E-state index contributed by atoms with van der Waals surface area (Å²) in [6.45, 7) is 0. The van der Waals surface area contributed by atoms with E-state index in [4.69, 9.17) is 0 Å². The Morgan fingerprint density at radius 3 is 2.12 bits per heavy atom. The molecule has 2 N–H and O–H groups in total. The molecule has 0 aliphatic carbocycles. The first kappa shape index (κ1) is 19.5. The van der Waals surface area contributed by atoms with E-state index in [1.807, 2.05) is 30.3 Å². The molecule has 7 heteroatoms. The van der Waals surface area contributed by atoms with E-state index in [0.717, 1.165) is 17.7 Å². The number of carboxylic acids is 1. The standard InChI is InChI=1S/C19H18F3NO3/c20-19(21,22)15-9-6-14(7-10-15)12-17(24)23-16(18(25)26)11-8-13-4-2-1-3-5-13/h1-7,9-10,16H,8,11-12H2,(H,23,24)(H,25,26)/t16-/m0/s1. The SMILES string of the molecule is O=C(Cc1ccc(C(F)(F)F)cc1)N[C@@H](CCc1ccccc1)C(=O)O. The zero-order chi connectivity index (χ0) is 19.2. The highest BCUT2D eigenvalue weighted by atomic mass is 19.4. The molecule has 0 aliphatic rings. The highest BCUT2D eigenvalue weighted by Gasteiger charge is 2.30. The summed E-state index contributed by atoms with van der Waals surface area (Å²) in [5.41, 5.74) is 0.534. The number of hydrogen-bond donors (Lipinski definition) is 2. The van der Waals surface area contributed by atoms with Gasteiger partial charge in [-0.3, -0.25) is 4.79 Å². The van der Waals surface area contributed by atoms with Crippen molar-refractivity contribution >= 4 is 11.9 Å². The van der Waals surface area contributed by atoms with Crippen molar-refractivity contribution in [1.82, 2.24) is 5.32 Å². The van der Waals surface area contributed by atoms with E-state index in [-0.39, 0.29) is 12.8 Å². The van der Waals surface area contributed by atoms with Crippen LogP contribution in [0.5, 0.6) is 0 Å². The molecular formula is C19H18F3NO3. The molecule has 1 amide bonds. The molecule has 0 bridgehead atoms. The summed E-state index contributed by atoms with van der Waals surface area (Å²) in [4.78, 5) is 23.3. The Kier molecular flexibility index (Phi) is 6.38. The lowest BCUT2D eigenvalue weighted by Gasteiger charge is -2.15. The van der Waals surface area contributed by atoms with Gasteiger partial charge in [-0.25, -0.2) is 4.79 Å². The fourth-order valence-corrected chi connectivity index (χ4v) is 2.46. The molecule has 0 aliphatic heterocycles. The average molecular weight is 365 g/mol. The number of rotatable bonds is 7.